The number of fused-ring (bicyclic) bond motifs is 1. The van der Waals surface area contributed by atoms with Gasteiger partial charge in [0, 0.05) is 45.0 Å². The molecule has 5 heteroatoms. The maximum atomic E-state index is 9.28. The molecule has 1 saturated heterocycles. The zero-order valence-electron chi connectivity index (χ0n) is 15.0. The molecule has 0 aliphatic carbocycles. The maximum absolute atomic E-state index is 9.28. The van der Waals surface area contributed by atoms with E-state index in [0.717, 1.165) is 44.2 Å². The summed E-state index contributed by atoms with van der Waals surface area (Å²) >= 11 is 0. The third-order valence-electron chi connectivity index (χ3n) is 5.12. The van der Waals surface area contributed by atoms with Crippen molar-refractivity contribution in [2.45, 2.75) is 12.5 Å². The fraction of sp³-hybridized carbons (Fsp3) is 0.429. The lowest BCUT2D eigenvalue weighted by Crippen LogP contribution is -2.50. The van der Waals surface area contributed by atoms with Gasteiger partial charge in [-0.3, -0.25) is 4.90 Å². The Morgan fingerprint density at radius 1 is 0.923 bits per heavy atom. The summed E-state index contributed by atoms with van der Waals surface area (Å²) < 4.78 is 11.9. The van der Waals surface area contributed by atoms with Gasteiger partial charge in [-0.15, -0.1) is 0 Å². The smallest absolute Gasteiger partial charge is 0.161 e. The summed E-state index contributed by atoms with van der Waals surface area (Å²) in [5.41, 5.74) is 2.48. The van der Waals surface area contributed by atoms with E-state index in [1.54, 1.807) is 0 Å². The van der Waals surface area contributed by atoms with Crippen molar-refractivity contribution >= 4 is 5.69 Å². The number of piperazine rings is 1. The molecule has 2 aromatic carbocycles. The fourth-order valence-corrected chi connectivity index (χ4v) is 3.76. The van der Waals surface area contributed by atoms with Gasteiger partial charge in [-0.05, 0) is 30.2 Å². The van der Waals surface area contributed by atoms with Crippen molar-refractivity contribution in [2.24, 2.45) is 0 Å². The summed E-state index contributed by atoms with van der Waals surface area (Å²) in [6, 6.07) is 16.3. The molecule has 0 unspecified atom stereocenters. The molecule has 0 radical (unpaired) electrons. The summed E-state index contributed by atoms with van der Waals surface area (Å²) in [7, 11) is 0. The van der Waals surface area contributed by atoms with Gasteiger partial charge in [-0.2, -0.15) is 0 Å². The molecule has 0 bridgehead atoms. The fourth-order valence-electron chi connectivity index (χ4n) is 3.76. The zero-order chi connectivity index (χ0) is 17.8. The Labute approximate surface area is 154 Å². The minimum absolute atomic E-state index is 0.0816. The highest BCUT2D eigenvalue weighted by atomic mass is 16.6. The number of anilines is 1. The lowest BCUT2D eigenvalue weighted by Gasteiger charge is -2.39. The molecule has 0 aromatic heterocycles. The zero-order valence-corrected chi connectivity index (χ0v) is 15.0. The number of aliphatic hydroxyl groups excluding tert-OH is 1. The van der Waals surface area contributed by atoms with Crippen molar-refractivity contribution in [3.8, 4) is 11.5 Å². The van der Waals surface area contributed by atoms with Gasteiger partial charge in [0.2, 0.25) is 0 Å². The highest BCUT2D eigenvalue weighted by molar-refractivity contribution is 5.54. The molecule has 0 saturated carbocycles. The van der Waals surface area contributed by atoms with Gasteiger partial charge in [0.25, 0.3) is 0 Å². The molecule has 138 valence electrons. The number of ether oxygens (including phenoxy) is 2. The number of aliphatic hydroxyl groups is 1. The number of benzene rings is 2. The van der Waals surface area contributed by atoms with Crippen LogP contribution in [0.3, 0.4) is 0 Å². The van der Waals surface area contributed by atoms with Crippen molar-refractivity contribution in [2.75, 3.05) is 50.8 Å². The van der Waals surface area contributed by atoms with E-state index in [-0.39, 0.29) is 12.7 Å². The molecule has 2 aliphatic heterocycles. The van der Waals surface area contributed by atoms with Crippen LogP contribution in [-0.4, -0.2) is 62.0 Å². The van der Waals surface area contributed by atoms with Crippen LogP contribution in [0.4, 0.5) is 5.69 Å². The standard InChI is InChI=1S/C21H26N2O3/c24-14-9-17-5-1-2-6-19(17)23-12-10-22(11-13-23)15-18-16-25-20-7-3-4-8-21(20)26-18/h1-8,18,24H,9-16H2/t18-/m0/s1. The first-order chi connectivity index (χ1) is 12.8. The molecule has 1 fully saturated rings. The normalized spacial score (nSPS) is 20.2. The number of hydrogen-bond acceptors (Lipinski definition) is 5. The molecule has 2 heterocycles. The van der Waals surface area contributed by atoms with Crippen LogP contribution in [-0.2, 0) is 6.42 Å². The monoisotopic (exact) mass is 354 g/mol. The molecular formula is C21H26N2O3. The molecule has 2 aliphatic rings. The number of rotatable bonds is 5. The molecular weight excluding hydrogens is 328 g/mol. The molecule has 2 aromatic rings. The largest absolute Gasteiger partial charge is 0.486 e. The van der Waals surface area contributed by atoms with Crippen LogP contribution in [0.25, 0.3) is 0 Å². The summed E-state index contributed by atoms with van der Waals surface area (Å²) in [5.74, 6) is 1.69. The second kappa shape index (κ2) is 7.98. The SMILES string of the molecule is OCCc1ccccc1N1CCN(C[C@H]2COc3ccccc3O2)CC1. The Kier molecular flexibility index (Phi) is 5.27. The Balaban J connectivity index is 1.32. The van der Waals surface area contributed by atoms with Crippen molar-refractivity contribution in [3.63, 3.8) is 0 Å². The number of hydrogen-bond donors (Lipinski definition) is 1. The lowest BCUT2D eigenvalue weighted by atomic mass is 10.1. The van der Waals surface area contributed by atoms with Gasteiger partial charge in [0.15, 0.2) is 11.5 Å². The van der Waals surface area contributed by atoms with Gasteiger partial charge >= 0.3 is 0 Å². The third kappa shape index (κ3) is 3.79. The highest BCUT2D eigenvalue weighted by Gasteiger charge is 2.25. The number of nitrogens with zero attached hydrogens (tertiary/aromatic N) is 2. The highest BCUT2D eigenvalue weighted by Crippen LogP contribution is 2.31. The second-order valence-electron chi connectivity index (χ2n) is 6.89. The number of para-hydroxylation sites is 3. The Morgan fingerprint density at radius 2 is 1.65 bits per heavy atom. The van der Waals surface area contributed by atoms with E-state index in [9.17, 15) is 5.11 Å². The van der Waals surface area contributed by atoms with Crippen molar-refractivity contribution < 1.29 is 14.6 Å². The van der Waals surface area contributed by atoms with E-state index in [0.29, 0.717) is 13.0 Å². The van der Waals surface area contributed by atoms with E-state index in [2.05, 4.69) is 28.0 Å². The van der Waals surface area contributed by atoms with E-state index in [1.807, 2.05) is 30.3 Å². The van der Waals surface area contributed by atoms with Gasteiger partial charge < -0.3 is 19.5 Å². The summed E-state index contributed by atoms with van der Waals surface area (Å²) in [5, 5.41) is 9.28. The quantitative estimate of drug-likeness (QED) is 0.892. The van der Waals surface area contributed by atoms with Crippen LogP contribution in [0.5, 0.6) is 11.5 Å². The Morgan fingerprint density at radius 3 is 2.46 bits per heavy atom. The second-order valence-corrected chi connectivity index (χ2v) is 6.89. The van der Waals surface area contributed by atoms with Gasteiger partial charge in [-0.25, -0.2) is 0 Å². The first-order valence-electron chi connectivity index (χ1n) is 9.38. The predicted octanol–water partition coefficient (Wildman–Crippen LogP) is 2.18. The first-order valence-corrected chi connectivity index (χ1v) is 9.38. The molecule has 5 nitrogen and oxygen atoms in total. The van der Waals surface area contributed by atoms with Gasteiger partial charge in [0.05, 0.1) is 0 Å². The first kappa shape index (κ1) is 17.2. The van der Waals surface area contributed by atoms with Crippen LogP contribution < -0.4 is 14.4 Å². The van der Waals surface area contributed by atoms with Crippen LogP contribution >= 0.6 is 0 Å². The average molecular weight is 354 g/mol. The van der Waals surface area contributed by atoms with Crippen LogP contribution in [0, 0.1) is 0 Å². The van der Waals surface area contributed by atoms with E-state index in [4.69, 9.17) is 9.47 Å². The van der Waals surface area contributed by atoms with Gasteiger partial charge in [-0.1, -0.05) is 30.3 Å². The van der Waals surface area contributed by atoms with Crippen LogP contribution in [0.2, 0.25) is 0 Å². The molecule has 0 amide bonds. The van der Waals surface area contributed by atoms with Gasteiger partial charge in [0.1, 0.15) is 12.7 Å². The minimum Gasteiger partial charge on any atom is -0.486 e. The lowest BCUT2D eigenvalue weighted by molar-refractivity contribution is 0.0571. The Hall–Kier alpha value is -2.24. The third-order valence-corrected chi connectivity index (χ3v) is 5.12. The summed E-state index contributed by atoms with van der Waals surface area (Å²) in [4.78, 5) is 4.88. The maximum Gasteiger partial charge on any atom is 0.161 e. The van der Waals surface area contributed by atoms with E-state index in [1.165, 1.54) is 11.3 Å². The average Bonchev–Trinajstić information content (AvgIpc) is 2.69. The summed E-state index contributed by atoms with van der Waals surface area (Å²) in [6.07, 6.45) is 0.793. The van der Waals surface area contributed by atoms with Crippen LogP contribution in [0.15, 0.2) is 48.5 Å². The molecule has 4 rings (SSSR count). The molecule has 0 spiro atoms. The van der Waals surface area contributed by atoms with E-state index >= 15 is 0 Å². The summed E-state index contributed by atoms with van der Waals surface area (Å²) in [6.45, 7) is 5.69. The van der Waals surface area contributed by atoms with Crippen molar-refractivity contribution in [1.82, 2.24) is 4.90 Å². The minimum atomic E-state index is 0.0816. The van der Waals surface area contributed by atoms with Crippen LogP contribution in [0.1, 0.15) is 5.56 Å². The molecule has 26 heavy (non-hydrogen) atoms. The van der Waals surface area contributed by atoms with Crippen molar-refractivity contribution in [3.05, 3.63) is 54.1 Å². The van der Waals surface area contributed by atoms with Crippen molar-refractivity contribution in [1.29, 1.82) is 0 Å². The Bertz CT molecular complexity index is 729. The molecule has 1 atom stereocenters. The van der Waals surface area contributed by atoms with E-state index < -0.39 is 0 Å². The molecule has 1 N–H and O–H groups in total. The topological polar surface area (TPSA) is 45.2 Å². The predicted molar refractivity (Wildman–Crippen MR) is 102 cm³/mol.